The van der Waals surface area contributed by atoms with Gasteiger partial charge in [-0.3, -0.25) is 0 Å². The molecule has 6 heteroatoms. The van der Waals surface area contributed by atoms with Crippen LogP contribution in [0.25, 0.3) is 0 Å². The number of nitrogens with one attached hydrogen (secondary N) is 2. The van der Waals surface area contributed by atoms with Gasteiger partial charge in [0.05, 0.1) is 5.56 Å². The molecule has 0 saturated heterocycles. The Labute approximate surface area is 118 Å². The molecule has 0 aliphatic heterocycles. The van der Waals surface area contributed by atoms with Crippen molar-refractivity contribution in [2.45, 2.75) is 33.9 Å². The molecule has 0 unspecified atom stereocenters. The zero-order chi connectivity index (χ0) is 15.6. The standard InChI is InChI=1S/C14H22F3N3/c1-9(2)13(3,4)8-19-12-7-10(14(15,16)17)6-11(18-5)20-12/h6-7,9H,8H2,1-5H3,(H2,18,19,20). The lowest BCUT2D eigenvalue weighted by Gasteiger charge is -2.29. The van der Waals surface area contributed by atoms with Crippen LogP contribution in [0, 0.1) is 11.3 Å². The number of hydrogen-bond acceptors (Lipinski definition) is 3. The second-order valence-corrected chi connectivity index (χ2v) is 5.87. The van der Waals surface area contributed by atoms with Crippen LogP contribution in [0.4, 0.5) is 24.8 Å². The molecule has 1 aromatic heterocycles. The lowest BCUT2D eigenvalue weighted by atomic mass is 9.81. The topological polar surface area (TPSA) is 37.0 Å². The van der Waals surface area contributed by atoms with Gasteiger partial charge in [0.15, 0.2) is 0 Å². The Hall–Kier alpha value is -1.46. The Balaban J connectivity index is 2.96. The summed E-state index contributed by atoms with van der Waals surface area (Å²) in [4.78, 5) is 4.11. The van der Waals surface area contributed by atoms with E-state index >= 15 is 0 Å². The lowest BCUT2D eigenvalue weighted by Crippen LogP contribution is -2.29. The first-order chi connectivity index (χ1) is 9.06. The number of pyridine rings is 1. The minimum Gasteiger partial charge on any atom is -0.373 e. The zero-order valence-corrected chi connectivity index (χ0v) is 12.5. The van der Waals surface area contributed by atoms with Crippen LogP contribution in [0.1, 0.15) is 33.3 Å². The number of anilines is 2. The molecule has 114 valence electrons. The maximum Gasteiger partial charge on any atom is 0.416 e. The van der Waals surface area contributed by atoms with Crippen LogP contribution in [0.2, 0.25) is 0 Å². The highest BCUT2D eigenvalue weighted by Gasteiger charge is 2.32. The Morgan fingerprint density at radius 2 is 1.70 bits per heavy atom. The van der Waals surface area contributed by atoms with E-state index in [0.29, 0.717) is 12.5 Å². The van der Waals surface area contributed by atoms with Crippen LogP contribution in [0.3, 0.4) is 0 Å². The monoisotopic (exact) mass is 289 g/mol. The van der Waals surface area contributed by atoms with Gasteiger partial charge in [-0.25, -0.2) is 4.98 Å². The van der Waals surface area contributed by atoms with Gasteiger partial charge in [-0.15, -0.1) is 0 Å². The fraction of sp³-hybridized carbons (Fsp3) is 0.643. The van der Waals surface area contributed by atoms with Crippen molar-refractivity contribution >= 4 is 11.6 Å². The van der Waals surface area contributed by atoms with Crippen molar-refractivity contribution in [1.29, 1.82) is 0 Å². The van der Waals surface area contributed by atoms with Crippen molar-refractivity contribution in [1.82, 2.24) is 4.98 Å². The summed E-state index contributed by atoms with van der Waals surface area (Å²) in [6.45, 7) is 8.86. The second-order valence-electron chi connectivity index (χ2n) is 5.87. The minimum atomic E-state index is -4.38. The van der Waals surface area contributed by atoms with E-state index in [0.717, 1.165) is 12.1 Å². The molecule has 0 aliphatic carbocycles. The van der Waals surface area contributed by atoms with Crippen LogP contribution in [-0.4, -0.2) is 18.6 Å². The zero-order valence-electron chi connectivity index (χ0n) is 12.5. The molecule has 0 amide bonds. The molecule has 0 aliphatic rings. The fourth-order valence-electron chi connectivity index (χ4n) is 1.44. The minimum absolute atomic E-state index is 0.0320. The fourth-order valence-corrected chi connectivity index (χ4v) is 1.44. The van der Waals surface area contributed by atoms with E-state index in [2.05, 4.69) is 43.3 Å². The van der Waals surface area contributed by atoms with Gasteiger partial charge in [-0.05, 0) is 23.5 Å². The molecule has 2 N–H and O–H groups in total. The highest BCUT2D eigenvalue weighted by Crippen LogP contribution is 2.32. The van der Waals surface area contributed by atoms with Gasteiger partial charge >= 0.3 is 6.18 Å². The largest absolute Gasteiger partial charge is 0.416 e. The first kappa shape index (κ1) is 16.6. The predicted molar refractivity (Wildman–Crippen MR) is 75.9 cm³/mol. The summed E-state index contributed by atoms with van der Waals surface area (Å²) in [5.74, 6) is 0.840. The van der Waals surface area contributed by atoms with E-state index in [1.165, 1.54) is 0 Å². The molecule has 1 rings (SSSR count). The predicted octanol–water partition coefficient (Wildman–Crippen LogP) is 4.24. The van der Waals surface area contributed by atoms with Gasteiger partial charge in [0, 0.05) is 13.6 Å². The third-order valence-corrected chi connectivity index (χ3v) is 3.70. The van der Waals surface area contributed by atoms with Crippen molar-refractivity contribution in [2.75, 3.05) is 24.2 Å². The van der Waals surface area contributed by atoms with E-state index in [9.17, 15) is 13.2 Å². The Morgan fingerprint density at radius 1 is 1.15 bits per heavy atom. The normalized spacial score (nSPS) is 12.7. The maximum absolute atomic E-state index is 12.8. The highest BCUT2D eigenvalue weighted by molar-refractivity contribution is 5.49. The summed E-state index contributed by atoms with van der Waals surface area (Å²) in [5, 5.41) is 5.65. The molecule has 1 heterocycles. The van der Waals surface area contributed by atoms with Gasteiger partial charge in [-0.1, -0.05) is 27.7 Å². The highest BCUT2D eigenvalue weighted by atomic mass is 19.4. The van der Waals surface area contributed by atoms with Crippen LogP contribution in [0.15, 0.2) is 12.1 Å². The van der Waals surface area contributed by atoms with Crippen LogP contribution < -0.4 is 10.6 Å². The summed E-state index contributed by atoms with van der Waals surface area (Å²) >= 11 is 0. The van der Waals surface area contributed by atoms with Crippen molar-refractivity contribution in [2.24, 2.45) is 11.3 Å². The smallest absolute Gasteiger partial charge is 0.373 e. The van der Waals surface area contributed by atoms with Crippen molar-refractivity contribution in [3.05, 3.63) is 17.7 Å². The molecule has 1 aromatic rings. The number of hydrogen-bond donors (Lipinski definition) is 2. The average molecular weight is 289 g/mol. The maximum atomic E-state index is 12.8. The molecule has 0 atom stereocenters. The molecule has 0 radical (unpaired) electrons. The van der Waals surface area contributed by atoms with E-state index in [1.807, 2.05) is 0 Å². The van der Waals surface area contributed by atoms with Gasteiger partial charge in [0.25, 0.3) is 0 Å². The van der Waals surface area contributed by atoms with Crippen molar-refractivity contribution < 1.29 is 13.2 Å². The van der Waals surface area contributed by atoms with E-state index in [-0.39, 0.29) is 17.1 Å². The Morgan fingerprint density at radius 3 is 2.15 bits per heavy atom. The van der Waals surface area contributed by atoms with Crippen molar-refractivity contribution in [3.8, 4) is 0 Å². The van der Waals surface area contributed by atoms with Gasteiger partial charge in [0.1, 0.15) is 11.6 Å². The SMILES string of the molecule is CNc1cc(C(F)(F)F)cc(NCC(C)(C)C(C)C)n1. The van der Waals surface area contributed by atoms with E-state index in [4.69, 9.17) is 0 Å². The summed E-state index contributed by atoms with van der Waals surface area (Å²) < 4.78 is 38.4. The summed E-state index contributed by atoms with van der Waals surface area (Å²) in [7, 11) is 1.55. The number of rotatable bonds is 5. The molecule has 0 fully saturated rings. The molecule has 20 heavy (non-hydrogen) atoms. The van der Waals surface area contributed by atoms with Gasteiger partial charge < -0.3 is 10.6 Å². The first-order valence-corrected chi connectivity index (χ1v) is 6.57. The van der Waals surface area contributed by atoms with Crippen molar-refractivity contribution in [3.63, 3.8) is 0 Å². The first-order valence-electron chi connectivity index (χ1n) is 6.57. The summed E-state index contributed by atoms with van der Waals surface area (Å²) in [5.41, 5.74) is -0.739. The summed E-state index contributed by atoms with van der Waals surface area (Å²) in [6, 6.07) is 2.04. The Bertz CT molecular complexity index is 453. The third-order valence-electron chi connectivity index (χ3n) is 3.70. The van der Waals surface area contributed by atoms with E-state index in [1.54, 1.807) is 7.05 Å². The lowest BCUT2D eigenvalue weighted by molar-refractivity contribution is -0.137. The number of alkyl halides is 3. The molecule has 0 bridgehead atoms. The van der Waals surface area contributed by atoms with E-state index < -0.39 is 11.7 Å². The van der Waals surface area contributed by atoms with Crippen LogP contribution in [-0.2, 0) is 6.18 Å². The van der Waals surface area contributed by atoms with Gasteiger partial charge in [0.2, 0.25) is 0 Å². The second kappa shape index (κ2) is 5.89. The van der Waals surface area contributed by atoms with Gasteiger partial charge in [-0.2, -0.15) is 13.2 Å². The number of aromatic nitrogens is 1. The van der Waals surface area contributed by atoms with Crippen LogP contribution in [0.5, 0.6) is 0 Å². The average Bonchev–Trinajstić information content (AvgIpc) is 2.34. The van der Waals surface area contributed by atoms with Crippen LogP contribution >= 0.6 is 0 Å². The molecular formula is C14H22F3N3. The molecule has 3 nitrogen and oxygen atoms in total. The molecule has 0 spiro atoms. The quantitative estimate of drug-likeness (QED) is 0.851. The molecule has 0 aromatic carbocycles. The molecule has 0 saturated carbocycles. The Kier molecular flexibility index (Phi) is 4.89. The molecular weight excluding hydrogens is 267 g/mol. The third kappa shape index (κ3) is 4.28. The number of halogens is 3. The number of nitrogens with zero attached hydrogens (tertiary/aromatic N) is 1. The summed E-state index contributed by atoms with van der Waals surface area (Å²) in [6.07, 6.45) is -4.38.